The highest BCUT2D eigenvalue weighted by Crippen LogP contribution is 2.37. The Bertz CT molecular complexity index is 541. The lowest BCUT2D eigenvalue weighted by molar-refractivity contribution is -0.126. The van der Waals surface area contributed by atoms with E-state index in [9.17, 15) is 4.79 Å². The van der Waals surface area contributed by atoms with E-state index in [4.69, 9.17) is 0 Å². The second-order valence-corrected chi connectivity index (χ2v) is 7.76. The van der Waals surface area contributed by atoms with E-state index in [-0.39, 0.29) is 11.8 Å². The van der Waals surface area contributed by atoms with Crippen LogP contribution in [-0.4, -0.2) is 42.0 Å². The SMILES string of the molecule is O=C(NC1CC2CCC(C1)N2Cc1ccccc1)C1CCCNC1. The first-order chi connectivity index (χ1) is 11.8. The van der Waals surface area contributed by atoms with Crippen molar-refractivity contribution >= 4 is 5.91 Å². The van der Waals surface area contributed by atoms with Gasteiger partial charge in [0.15, 0.2) is 0 Å². The molecule has 1 amide bonds. The van der Waals surface area contributed by atoms with Crippen LogP contribution in [-0.2, 0) is 11.3 Å². The molecule has 0 aromatic heterocycles. The van der Waals surface area contributed by atoms with E-state index < -0.39 is 0 Å². The highest BCUT2D eigenvalue weighted by Gasteiger charge is 2.41. The Hall–Kier alpha value is -1.39. The summed E-state index contributed by atoms with van der Waals surface area (Å²) in [4.78, 5) is 15.2. The van der Waals surface area contributed by atoms with Crippen molar-refractivity contribution in [3.05, 3.63) is 35.9 Å². The van der Waals surface area contributed by atoms with Crippen LogP contribution in [0.15, 0.2) is 30.3 Å². The van der Waals surface area contributed by atoms with Gasteiger partial charge < -0.3 is 10.6 Å². The Morgan fingerprint density at radius 1 is 1.12 bits per heavy atom. The van der Waals surface area contributed by atoms with Crippen molar-refractivity contribution in [2.24, 2.45) is 5.92 Å². The molecule has 4 heteroatoms. The number of hydrogen-bond donors (Lipinski definition) is 2. The Kier molecular flexibility index (Phi) is 4.86. The fourth-order valence-corrected chi connectivity index (χ4v) is 4.84. The van der Waals surface area contributed by atoms with Gasteiger partial charge in [0.1, 0.15) is 0 Å². The number of rotatable bonds is 4. The maximum Gasteiger partial charge on any atom is 0.224 e. The van der Waals surface area contributed by atoms with Crippen LogP contribution in [0, 0.1) is 5.92 Å². The summed E-state index contributed by atoms with van der Waals surface area (Å²) in [6.07, 6.45) is 6.98. The van der Waals surface area contributed by atoms with Crippen LogP contribution in [0.25, 0.3) is 0 Å². The largest absolute Gasteiger partial charge is 0.353 e. The molecule has 2 bridgehead atoms. The first-order valence-corrected chi connectivity index (χ1v) is 9.60. The first-order valence-electron chi connectivity index (χ1n) is 9.60. The number of benzene rings is 1. The molecular formula is C20H29N3O. The Balaban J connectivity index is 1.33. The number of fused-ring (bicyclic) bond motifs is 2. The lowest BCUT2D eigenvalue weighted by atomic mass is 9.94. The van der Waals surface area contributed by atoms with Crippen LogP contribution in [0.2, 0.25) is 0 Å². The van der Waals surface area contributed by atoms with Crippen LogP contribution < -0.4 is 10.6 Å². The summed E-state index contributed by atoms with van der Waals surface area (Å²) in [6, 6.07) is 12.4. The average molecular weight is 327 g/mol. The van der Waals surface area contributed by atoms with E-state index >= 15 is 0 Å². The van der Waals surface area contributed by atoms with Gasteiger partial charge in [-0.1, -0.05) is 30.3 Å². The Labute approximate surface area is 145 Å². The summed E-state index contributed by atoms with van der Waals surface area (Å²) in [5.41, 5.74) is 1.41. The molecule has 3 aliphatic heterocycles. The fourth-order valence-electron chi connectivity index (χ4n) is 4.84. The second kappa shape index (κ2) is 7.24. The maximum absolute atomic E-state index is 12.5. The molecule has 130 valence electrons. The molecule has 3 atom stereocenters. The molecule has 24 heavy (non-hydrogen) atoms. The summed E-state index contributed by atoms with van der Waals surface area (Å²) in [7, 11) is 0. The molecule has 1 aromatic carbocycles. The quantitative estimate of drug-likeness (QED) is 0.892. The summed E-state index contributed by atoms with van der Waals surface area (Å²) in [5.74, 6) is 0.460. The summed E-state index contributed by atoms with van der Waals surface area (Å²) in [5, 5.41) is 6.72. The lowest BCUT2D eigenvalue weighted by Gasteiger charge is -2.39. The third-order valence-electron chi connectivity index (χ3n) is 6.11. The summed E-state index contributed by atoms with van der Waals surface area (Å²) in [6.45, 7) is 2.97. The van der Waals surface area contributed by atoms with Gasteiger partial charge in [-0.3, -0.25) is 9.69 Å². The third-order valence-corrected chi connectivity index (χ3v) is 6.11. The first kappa shape index (κ1) is 16.1. The molecule has 0 radical (unpaired) electrons. The highest BCUT2D eigenvalue weighted by atomic mass is 16.2. The van der Waals surface area contributed by atoms with E-state index in [2.05, 4.69) is 45.9 Å². The number of nitrogens with one attached hydrogen (secondary N) is 2. The average Bonchev–Trinajstić information content (AvgIpc) is 2.86. The van der Waals surface area contributed by atoms with Crippen LogP contribution in [0.4, 0.5) is 0 Å². The molecule has 3 fully saturated rings. The standard InChI is InChI=1S/C20H29N3O/c24-20(16-7-4-10-21-13-16)22-17-11-18-8-9-19(12-17)23(18)14-15-5-2-1-3-6-15/h1-3,5-6,16-19,21H,4,7-14H2,(H,22,24). The smallest absolute Gasteiger partial charge is 0.224 e. The minimum absolute atomic E-state index is 0.179. The number of carbonyl (C=O) groups is 1. The molecule has 3 heterocycles. The van der Waals surface area contributed by atoms with Crippen LogP contribution in [0.5, 0.6) is 0 Å². The van der Waals surface area contributed by atoms with Gasteiger partial charge in [-0.05, 0) is 50.6 Å². The molecule has 3 aliphatic rings. The maximum atomic E-state index is 12.5. The van der Waals surface area contributed by atoms with Crippen molar-refractivity contribution in [1.82, 2.24) is 15.5 Å². The molecule has 1 aromatic rings. The lowest BCUT2D eigenvalue weighted by Crippen LogP contribution is -2.52. The van der Waals surface area contributed by atoms with Crippen molar-refractivity contribution in [3.63, 3.8) is 0 Å². The zero-order valence-electron chi connectivity index (χ0n) is 14.4. The van der Waals surface area contributed by atoms with Gasteiger partial charge in [0, 0.05) is 31.2 Å². The van der Waals surface area contributed by atoms with Crippen LogP contribution >= 0.6 is 0 Å². The van der Waals surface area contributed by atoms with Crippen LogP contribution in [0.3, 0.4) is 0 Å². The number of nitrogens with zero attached hydrogens (tertiary/aromatic N) is 1. The van der Waals surface area contributed by atoms with E-state index in [0.717, 1.165) is 45.3 Å². The monoisotopic (exact) mass is 327 g/mol. The zero-order valence-corrected chi connectivity index (χ0v) is 14.4. The zero-order chi connectivity index (χ0) is 16.4. The van der Waals surface area contributed by atoms with Gasteiger partial charge in [-0.25, -0.2) is 0 Å². The topological polar surface area (TPSA) is 44.4 Å². The van der Waals surface area contributed by atoms with Crippen molar-refractivity contribution in [1.29, 1.82) is 0 Å². The van der Waals surface area contributed by atoms with E-state index in [0.29, 0.717) is 18.1 Å². The minimum Gasteiger partial charge on any atom is -0.353 e. The molecule has 3 saturated heterocycles. The number of carbonyl (C=O) groups excluding carboxylic acids is 1. The van der Waals surface area contributed by atoms with Gasteiger partial charge in [0.25, 0.3) is 0 Å². The molecule has 0 spiro atoms. The van der Waals surface area contributed by atoms with Gasteiger partial charge in [-0.15, -0.1) is 0 Å². The molecule has 3 unspecified atom stereocenters. The Morgan fingerprint density at radius 2 is 1.88 bits per heavy atom. The van der Waals surface area contributed by atoms with Crippen molar-refractivity contribution < 1.29 is 4.79 Å². The molecule has 4 rings (SSSR count). The molecule has 0 aliphatic carbocycles. The van der Waals surface area contributed by atoms with Gasteiger partial charge in [0.05, 0.1) is 5.92 Å². The van der Waals surface area contributed by atoms with Crippen molar-refractivity contribution in [2.75, 3.05) is 13.1 Å². The number of hydrogen-bond acceptors (Lipinski definition) is 3. The van der Waals surface area contributed by atoms with E-state index in [1.54, 1.807) is 0 Å². The van der Waals surface area contributed by atoms with Gasteiger partial charge >= 0.3 is 0 Å². The molecule has 2 N–H and O–H groups in total. The van der Waals surface area contributed by atoms with Crippen molar-refractivity contribution in [2.45, 2.75) is 63.2 Å². The van der Waals surface area contributed by atoms with Gasteiger partial charge in [0.2, 0.25) is 5.91 Å². The Morgan fingerprint density at radius 3 is 2.54 bits per heavy atom. The predicted molar refractivity (Wildman–Crippen MR) is 95.6 cm³/mol. The number of amides is 1. The second-order valence-electron chi connectivity index (χ2n) is 7.76. The molecule has 4 nitrogen and oxygen atoms in total. The molecule has 0 saturated carbocycles. The van der Waals surface area contributed by atoms with Crippen molar-refractivity contribution in [3.8, 4) is 0 Å². The number of piperidine rings is 2. The predicted octanol–water partition coefficient (Wildman–Crippen LogP) is 2.30. The third kappa shape index (κ3) is 3.50. The van der Waals surface area contributed by atoms with E-state index in [1.807, 2.05) is 0 Å². The van der Waals surface area contributed by atoms with E-state index in [1.165, 1.54) is 18.4 Å². The summed E-state index contributed by atoms with van der Waals surface area (Å²) >= 11 is 0. The normalized spacial score (nSPS) is 33.3. The van der Waals surface area contributed by atoms with Gasteiger partial charge in [-0.2, -0.15) is 0 Å². The highest BCUT2D eigenvalue weighted by molar-refractivity contribution is 5.79. The van der Waals surface area contributed by atoms with Crippen LogP contribution in [0.1, 0.15) is 44.1 Å². The minimum atomic E-state index is 0.179. The molecular weight excluding hydrogens is 298 g/mol. The fraction of sp³-hybridized carbons (Fsp3) is 0.650. The summed E-state index contributed by atoms with van der Waals surface area (Å²) < 4.78 is 0.